The van der Waals surface area contributed by atoms with Gasteiger partial charge in [-0.05, 0) is 24.2 Å². The lowest BCUT2D eigenvalue weighted by Gasteiger charge is -2.12. The minimum absolute atomic E-state index is 0.0441. The number of halogens is 3. The molecule has 0 radical (unpaired) electrons. The molecule has 1 aromatic heterocycles. The molecule has 8 heteroatoms. The number of fused-ring (bicyclic) bond motifs is 1. The summed E-state index contributed by atoms with van der Waals surface area (Å²) in [5.41, 5.74) is -2.33. The molecule has 0 aliphatic carbocycles. The van der Waals surface area contributed by atoms with E-state index < -0.39 is 22.9 Å². The predicted octanol–water partition coefficient (Wildman–Crippen LogP) is 1.34. The molecule has 20 heavy (non-hydrogen) atoms. The van der Waals surface area contributed by atoms with E-state index in [1.54, 1.807) is 6.92 Å². The molecule has 2 aromatic rings. The van der Waals surface area contributed by atoms with Crippen molar-refractivity contribution in [3.8, 4) is 0 Å². The van der Waals surface area contributed by atoms with E-state index in [0.29, 0.717) is 6.54 Å². The topological polar surface area (TPSA) is 77.8 Å². The summed E-state index contributed by atoms with van der Waals surface area (Å²) < 4.78 is 38.4. The summed E-state index contributed by atoms with van der Waals surface area (Å²) in [4.78, 5) is 27.0. The average molecular weight is 287 g/mol. The molecule has 0 unspecified atom stereocenters. The summed E-state index contributed by atoms with van der Waals surface area (Å²) in [5, 5.41) is 2.89. The molecule has 0 spiro atoms. The monoisotopic (exact) mass is 287 g/mol. The predicted molar refractivity (Wildman–Crippen MR) is 67.6 cm³/mol. The number of hydrogen-bond acceptors (Lipinski definition) is 3. The van der Waals surface area contributed by atoms with Crippen LogP contribution in [0.2, 0.25) is 0 Å². The van der Waals surface area contributed by atoms with E-state index in [0.717, 1.165) is 12.1 Å². The summed E-state index contributed by atoms with van der Waals surface area (Å²) in [6, 6.07) is 1.77. The summed E-state index contributed by atoms with van der Waals surface area (Å²) in [5.74, 6) is 0. The fourth-order valence-corrected chi connectivity index (χ4v) is 1.86. The van der Waals surface area contributed by atoms with Crippen molar-refractivity contribution in [3.63, 3.8) is 0 Å². The van der Waals surface area contributed by atoms with Crippen LogP contribution in [0.3, 0.4) is 0 Å². The molecule has 0 aliphatic rings. The largest absolute Gasteiger partial charge is 0.416 e. The molecule has 108 valence electrons. The molecule has 5 nitrogen and oxygen atoms in total. The third kappa shape index (κ3) is 2.74. The Kier molecular flexibility index (Phi) is 3.67. The number of H-pyrrole nitrogens is 2. The number of benzene rings is 1. The molecule has 1 aromatic carbocycles. The van der Waals surface area contributed by atoms with E-state index >= 15 is 0 Å². The van der Waals surface area contributed by atoms with Gasteiger partial charge in [-0.15, -0.1) is 0 Å². The van der Waals surface area contributed by atoms with Crippen molar-refractivity contribution < 1.29 is 13.2 Å². The van der Waals surface area contributed by atoms with Crippen molar-refractivity contribution in [2.24, 2.45) is 0 Å². The van der Waals surface area contributed by atoms with Crippen molar-refractivity contribution in [2.75, 3.05) is 6.54 Å². The Morgan fingerprint density at radius 2 is 1.80 bits per heavy atom. The minimum Gasteiger partial charge on any atom is -0.316 e. The molecule has 0 saturated carbocycles. The molecular weight excluding hydrogens is 275 g/mol. The first kappa shape index (κ1) is 14.3. The maximum absolute atomic E-state index is 12.8. The van der Waals surface area contributed by atoms with E-state index in [2.05, 4.69) is 15.3 Å². The van der Waals surface area contributed by atoms with Gasteiger partial charge in [0.05, 0.1) is 16.6 Å². The number of alkyl halides is 3. The lowest BCUT2D eigenvalue weighted by Crippen LogP contribution is -2.29. The van der Waals surface area contributed by atoms with Crippen LogP contribution >= 0.6 is 0 Å². The van der Waals surface area contributed by atoms with E-state index in [9.17, 15) is 22.8 Å². The zero-order valence-corrected chi connectivity index (χ0v) is 10.5. The highest BCUT2D eigenvalue weighted by Crippen LogP contribution is 2.31. The molecular formula is C12H12F3N3O2. The van der Waals surface area contributed by atoms with Crippen LogP contribution in [-0.2, 0) is 12.7 Å². The zero-order chi connectivity index (χ0) is 14.9. The number of hydrogen-bond donors (Lipinski definition) is 3. The highest BCUT2D eigenvalue weighted by molar-refractivity contribution is 5.78. The van der Waals surface area contributed by atoms with Gasteiger partial charge in [0.25, 0.3) is 0 Å². The van der Waals surface area contributed by atoms with Crippen LogP contribution in [0.1, 0.15) is 18.1 Å². The summed E-state index contributed by atoms with van der Waals surface area (Å²) in [6.07, 6.45) is -4.53. The molecule has 0 fully saturated rings. The molecule has 2 rings (SSSR count). The first-order valence-electron chi connectivity index (χ1n) is 5.90. The quantitative estimate of drug-likeness (QED) is 0.746. The molecule has 0 aliphatic heterocycles. The lowest BCUT2D eigenvalue weighted by molar-refractivity contribution is -0.137. The van der Waals surface area contributed by atoms with Gasteiger partial charge in [0, 0.05) is 6.54 Å². The summed E-state index contributed by atoms with van der Waals surface area (Å²) in [6.45, 7) is 2.52. The number of rotatable bonds is 3. The van der Waals surface area contributed by atoms with Gasteiger partial charge < -0.3 is 15.3 Å². The smallest absolute Gasteiger partial charge is 0.316 e. The molecule has 0 bridgehead atoms. The van der Waals surface area contributed by atoms with Crippen molar-refractivity contribution in [2.45, 2.75) is 19.6 Å². The van der Waals surface area contributed by atoms with Gasteiger partial charge in [0.1, 0.15) is 0 Å². The zero-order valence-electron chi connectivity index (χ0n) is 10.5. The lowest BCUT2D eigenvalue weighted by atomic mass is 10.1. The molecule has 1 heterocycles. The van der Waals surface area contributed by atoms with E-state index in [-0.39, 0.29) is 23.1 Å². The van der Waals surface area contributed by atoms with Crippen molar-refractivity contribution in [1.82, 2.24) is 15.3 Å². The van der Waals surface area contributed by atoms with Gasteiger partial charge in [0.2, 0.25) is 0 Å². The highest BCUT2D eigenvalue weighted by Gasteiger charge is 2.31. The molecule has 0 amide bonds. The molecule has 3 N–H and O–H groups in total. The highest BCUT2D eigenvalue weighted by atomic mass is 19.4. The van der Waals surface area contributed by atoms with Crippen LogP contribution in [0, 0.1) is 0 Å². The van der Waals surface area contributed by atoms with Crippen molar-refractivity contribution in [1.29, 1.82) is 0 Å². The average Bonchev–Trinajstić information content (AvgIpc) is 2.36. The van der Waals surface area contributed by atoms with Crippen molar-refractivity contribution >= 4 is 11.0 Å². The fourth-order valence-electron chi connectivity index (χ4n) is 1.86. The maximum Gasteiger partial charge on any atom is 0.416 e. The Morgan fingerprint density at radius 1 is 1.15 bits per heavy atom. The second-order valence-electron chi connectivity index (χ2n) is 4.24. The third-order valence-electron chi connectivity index (χ3n) is 2.81. The van der Waals surface area contributed by atoms with Gasteiger partial charge in [-0.25, -0.2) is 0 Å². The third-order valence-corrected chi connectivity index (χ3v) is 2.81. The standard InChI is InChI=1S/C12H12F3N3O2/c1-2-16-5-6-3-7(12(13,14)15)4-8-9(6)18-11(20)10(19)17-8/h3-4,16H,2,5H2,1H3,(H,17,19)(H,18,20). The van der Waals surface area contributed by atoms with E-state index in [1.807, 2.05) is 0 Å². The van der Waals surface area contributed by atoms with Crippen LogP contribution in [0.15, 0.2) is 21.7 Å². The summed E-state index contributed by atoms with van der Waals surface area (Å²) >= 11 is 0. The van der Waals surface area contributed by atoms with Gasteiger partial charge in [-0.2, -0.15) is 13.2 Å². The first-order chi connectivity index (χ1) is 9.32. The van der Waals surface area contributed by atoms with Crippen LogP contribution in [0.25, 0.3) is 11.0 Å². The SMILES string of the molecule is CCNCc1cc(C(F)(F)F)cc2[nH]c(=O)c(=O)[nH]c12. The van der Waals surface area contributed by atoms with Gasteiger partial charge >= 0.3 is 17.3 Å². The van der Waals surface area contributed by atoms with Crippen LogP contribution < -0.4 is 16.4 Å². The minimum atomic E-state index is -4.53. The second-order valence-corrected chi connectivity index (χ2v) is 4.24. The maximum atomic E-state index is 12.8. The Bertz CT molecular complexity index is 746. The van der Waals surface area contributed by atoms with E-state index in [4.69, 9.17) is 0 Å². The number of aromatic amines is 2. The van der Waals surface area contributed by atoms with Crippen LogP contribution in [0.5, 0.6) is 0 Å². The molecule has 0 saturated heterocycles. The van der Waals surface area contributed by atoms with E-state index in [1.165, 1.54) is 0 Å². The number of nitrogens with one attached hydrogen (secondary N) is 3. The normalized spacial score (nSPS) is 12.0. The number of aromatic nitrogens is 2. The van der Waals surface area contributed by atoms with Gasteiger partial charge in [0.15, 0.2) is 0 Å². The Balaban J connectivity index is 2.74. The fraction of sp³-hybridized carbons (Fsp3) is 0.333. The van der Waals surface area contributed by atoms with Crippen LogP contribution in [0.4, 0.5) is 13.2 Å². The first-order valence-corrected chi connectivity index (χ1v) is 5.90. The summed E-state index contributed by atoms with van der Waals surface area (Å²) in [7, 11) is 0. The van der Waals surface area contributed by atoms with Crippen molar-refractivity contribution in [3.05, 3.63) is 44.0 Å². The second kappa shape index (κ2) is 5.12. The van der Waals surface area contributed by atoms with Crippen LogP contribution in [-0.4, -0.2) is 16.5 Å². The Hall–Kier alpha value is -2.09. The van der Waals surface area contributed by atoms with Gasteiger partial charge in [-0.3, -0.25) is 9.59 Å². The molecule has 0 atom stereocenters. The van der Waals surface area contributed by atoms with Gasteiger partial charge in [-0.1, -0.05) is 6.92 Å². The Morgan fingerprint density at radius 3 is 2.40 bits per heavy atom. The Labute approximate surface area is 110 Å².